The third-order valence-electron chi connectivity index (χ3n) is 0.849. The van der Waals surface area contributed by atoms with Gasteiger partial charge in [0.05, 0.1) is 0 Å². The van der Waals surface area contributed by atoms with Gasteiger partial charge >= 0.3 is 0 Å². The number of nitrogens with two attached hydrogens (primary N) is 1. The fraction of sp³-hybridized carbons (Fsp3) is 0.333. The highest BCUT2D eigenvalue weighted by Gasteiger charge is 1.82. The summed E-state index contributed by atoms with van der Waals surface area (Å²) >= 11 is 3.28. The topological polar surface area (TPSA) is 26.0 Å². The Bertz CT molecular complexity index is 181. The Labute approximate surface area is 76.7 Å². The second kappa shape index (κ2) is 6.23. The smallest absolute Gasteiger partial charge is 0.0325 e. The zero-order valence-electron chi connectivity index (χ0n) is 6.97. The minimum absolute atomic E-state index is 0.791. The van der Waals surface area contributed by atoms with Crippen molar-refractivity contribution in [1.82, 2.24) is 0 Å². The number of rotatable bonds is 0. The Morgan fingerprint density at radius 1 is 1.36 bits per heavy atom. The largest absolute Gasteiger partial charge is 0.399 e. The maximum Gasteiger partial charge on any atom is 0.0325 e. The zero-order valence-corrected chi connectivity index (χ0v) is 8.56. The lowest BCUT2D eigenvalue weighted by molar-refractivity contribution is 1.09. The van der Waals surface area contributed by atoms with E-state index in [4.69, 9.17) is 5.73 Å². The number of hydrogen-bond donors (Lipinski definition) is 1. The molecule has 0 aliphatic carbocycles. The molecule has 0 amide bonds. The molecule has 0 atom stereocenters. The van der Waals surface area contributed by atoms with Crippen molar-refractivity contribution in [3.8, 4) is 0 Å². The van der Waals surface area contributed by atoms with Crippen LogP contribution in [0.1, 0.15) is 20.3 Å². The highest BCUT2D eigenvalue weighted by Crippen LogP contribution is 2.11. The van der Waals surface area contributed by atoms with Crippen LogP contribution in [0, 0.1) is 0 Å². The molecule has 0 spiro atoms. The molecule has 1 aromatic rings. The van der Waals surface area contributed by atoms with Gasteiger partial charge in [-0.15, -0.1) is 0 Å². The van der Waals surface area contributed by atoms with Crippen LogP contribution in [0.25, 0.3) is 0 Å². The Balaban J connectivity index is 0.000000292. The summed E-state index contributed by atoms with van der Waals surface area (Å²) in [4.78, 5) is 0. The Kier molecular flexibility index (Phi) is 5.94. The Hall–Kier alpha value is -0.500. The van der Waals surface area contributed by atoms with Gasteiger partial charge in [-0.1, -0.05) is 42.3 Å². The number of hydrogen-bond acceptors (Lipinski definition) is 1. The van der Waals surface area contributed by atoms with E-state index < -0.39 is 0 Å². The summed E-state index contributed by atoms with van der Waals surface area (Å²) in [5.74, 6) is 0. The van der Waals surface area contributed by atoms with Gasteiger partial charge < -0.3 is 5.73 Å². The molecule has 0 aliphatic heterocycles. The van der Waals surface area contributed by atoms with Gasteiger partial charge in [0.25, 0.3) is 0 Å². The van der Waals surface area contributed by atoms with Crippen LogP contribution in [0.15, 0.2) is 28.7 Å². The SMILES string of the molecule is CCC.Nc1cccc(Br)c1. The molecule has 1 nitrogen and oxygen atoms in total. The van der Waals surface area contributed by atoms with Gasteiger partial charge in [-0.2, -0.15) is 0 Å². The van der Waals surface area contributed by atoms with Crippen LogP contribution < -0.4 is 5.73 Å². The van der Waals surface area contributed by atoms with Gasteiger partial charge in [-0.05, 0) is 18.2 Å². The molecule has 2 heteroatoms. The van der Waals surface area contributed by atoms with Crippen LogP contribution in [0.4, 0.5) is 5.69 Å². The predicted octanol–water partition coefficient (Wildman–Crippen LogP) is 3.45. The van der Waals surface area contributed by atoms with Crippen LogP contribution in [0.5, 0.6) is 0 Å². The summed E-state index contributed by atoms with van der Waals surface area (Å²) in [6.45, 7) is 4.25. The summed E-state index contributed by atoms with van der Waals surface area (Å²) in [6, 6.07) is 7.56. The van der Waals surface area contributed by atoms with Gasteiger partial charge in [-0.3, -0.25) is 0 Å². The minimum atomic E-state index is 0.791. The zero-order chi connectivity index (χ0) is 8.69. The highest BCUT2D eigenvalue weighted by atomic mass is 79.9. The summed E-state index contributed by atoms with van der Waals surface area (Å²) in [5.41, 5.74) is 6.22. The van der Waals surface area contributed by atoms with Crippen molar-refractivity contribution in [3.05, 3.63) is 28.7 Å². The van der Waals surface area contributed by atoms with Crippen molar-refractivity contribution in [3.63, 3.8) is 0 Å². The maximum atomic E-state index is 5.43. The van der Waals surface area contributed by atoms with Crippen molar-refractivity contribution >= 4 is 21.6 Å². The Morgan fingerprint density at radius 2 is 1.91 bits per heavy atom. The molecule has 0 saturated heterocycles. The average molecular weight is 216 g/mol. The van der Waals surface area contributed by atoms with Gasteiger partial charge in [0, 0.05) is 10.2 Å². The number of benzene rings is 1. The lowest BCUT2D eigenvalue weighted by Crippen LogP contribution is -1.80. The van der Waals surface area contributed by atoms with E-state index in [2.05, 4.69) is 29.8 Å². The molecule has 0 unspecified atom stereocenters. The summed E-state index contributed by atoms with van der Waals surface area (Å²) in [7, 11) is 0. The second-order valence-corrected chi connectivity index (χ2v) is 3.18. The van der Waals surface area contributed by atoms with Crippen molar-refractivity contribution in [2.75, 3.05) is 5.73 Å². The molecule has 1 rings (SSSR count). The average Bonchev–Trinajstić information content (AvgIpc) is 1.88. The Morgan fingerprint density at radius 3 is 2.18 bits per heavy atom. The quantitative estimate of drug-likeness (QED) is 0.660. The van der Waals surface area contributed by atoms with E-state index >= 15 is 0 Å². The predicted molar refractivity (Wildman–Crippen MR) is 54.5 cm³/mol. The van der Waals surface area contributed by atoms with Crippen molar-refractivity contribution in [2.45, 2.75) is 20.3 Å². The monoisotopic (exact) mass is 215 g/mol. The van der Waals surface area contributed by atoms with Crippen molar-refractivity contribution in [2.24, 2.45) is 0 Å². The molecule has 0 heterocycles. The highest BCUT2D eigenvalue weighted by molar-refractivity contribution is 9.10. The molecule has 1 aromatic carbocycles. The standard InChI is InChI=1S/C6H6BrN.C3H8/c7-5-2-1-3-6(8)4-5;1-3-2/h1-4H,8H2;3H2,1-2H3. The summed E-state index contributed by atoms with van der Waals surface area (Å²) in [5, 5.41) is 0. The van der Waals surface area contributed by atoms with Crippen LogP contribution in [0.3, 0.4) is 0 Å². The normalized spacial score (nSPS) is 8.27. The minimum Gasteiger partial charge on any atom is -0.399 e. The third kappa shape index (κ3) is 5.92. The molecule has 0 aliphatic rings. The fourth-order valence-electron chi connectivity index (χ4n) is 0.507. The molecule has 11 heavy (non-hydrogen) atoms. The van der Waals surface area contributed by atoms with E-state index in [1.807, 2.05) is 24.3 Å². The number of nitrogen functional groups attached to an aromatic ring is 1. The van der Waals surface area contributed by atoms with Crippen LogP contribution in [-0.4, -0.2) is 0 Å². The summed E-state index contributed by atoms with van der Waals surface area (Å²) in [6.07, 6.45) is 1.25. The number of anilines is 1. The molecule has 62 valence electrons. The third-order valence-corrected chi connectivity index (χ3v) is 1.34. The van der Waals surface area contributed by atoms with E-state index in [9.17, 15) is 0 Å². The molecule has 2 N–H and O–H groups in total. The van der Waals surface area contributed by atoms with Crippen LogP contribution in [0.2, 0.25) is 0 Å². The fourth-order valence-corrected chi connectivity index (χ4v) is 0.924. The van der Waals surface area contributed by atoms with E-state index in [0.717, 1.165) is 10.2 Å². The molecule has 0 fully saturated rings. The summed E-state index contributed by atoms with van der Waals surface area (Å²) < 4.78 is 1.03. The lowest BCUT2D eigenvalue weighted by atomic mass is 10.3. The maximum absolute atomic E-state index is 5.43. The van der Waals surface area contributed by atoms with Gasteiger partial charge in [0.15, 0.2) is 0 Å². The first kappa shape index (κ1) is 10.5. The van der Waals surface area contributed by atoms with Gasteiger partial charge in [-0.25, -0.2) is 0 Å². The van der Waals surface area contributed by atoms with Gasteiger partial charge in [0.2, 0.25) is 0 Å². The first-order valence-electron chi connectivity index (χ1n) is 3.71. The van der Waals surface area contributed by atoms with E-state index in [1.165, 1.54) is 6.42 Å². The van der Waals surface area contributed by atoms with Crippen molar-refractivity contribution < 1.29 is 0 Å². The molecule has 0 bridgehead atoms. The molecule has 0 saturated carbocycles. The molecular weight excluding hydrogens is 202 g/mol. The van der Waals surface area contributed by atoms with E-state index in [0.29, 0.717) is 0 Å². The molecular formula is C9H14BrN. The molecule has 0 aromatic heterocycles. The van der Waals surface area contributed by atoms with Gasteiger partial charge in [0.1, 0.15) is 0 Å². The first-order chi connectivity index (χ1) is 5.20. The number of halogens is 1. The van der Waals surface area contributed by atoms with Crippen molar-refractivity contribution in [1.29, 1.82) is 0 Å². The molecule has 0 radical (unpaired) electrons. The van der Waals surface area contributed by atoms with E-state index in [1.54, 1.807) is 0 Å². The lowest BCUT2D eigenvalue weighted by Gasteiger charge is -1.89. The van der Waals surface area contributed by atoms with Crippen LogP contribution in [-0.2, 0) is 0 Å². The van der Waals surface area contributed by atoms with Crippen LogP contribution >= 0.6 is 15.9 Å². The second-order valence-electron chi connectivity index (χ2n) is 2.26. The first-order valence-corrected chi connectivity index (χ1v) is 4.51. The van der Waals surface area contributed by atoms with E-state index in [-0.39, 0.29) is 0 Å².